The molecule has 0 saturated carbocycles. The van der Waals surface area contributed by atoms with Gasteiger partial charge in [-0.05, 0) is 13.8 Å². The van der Waals surface area contributed by atoms with E-state index in [-0.39, 0.29) is 13.2 Å². The SMILES string of the molecule is CCOP(=O)(O/C=C/Br)OCC. The Balaban J connectivity index is 4.08. The maximum absolute atomic E-state index is 11.4. The predicted octanol–water partition coefficient (Wildman–Crippen LogP) is 3.05. The normalized spacial score (nSPS) is 12.2. The van der Waals surface area contributed by atoms with Gasteiger partial charge in [-0.2, -0.15) is 0 Å². The van der Waals surface area contributed by atoms with Crippen LogP contribution in [-0.2, 0) is 18.1 Å². The van der Waals surface area contributed by atoms with Crippen molar-refractivity contribution < 1.29 is 18.1 Å². The first-order chi connectivity index (χ1) is 5.68. The lowest BCUT2D eigenvalue weighted by Crippen LogP contribution is -1.96. The van der Waals surface area contributed by atoms with Crippen LogP contribution >= 0.6 is 23.8 Å². The summed E-state index contributed by atoms with van der Waals surface area (Å²) in [6.45, 7) is 4.00. The van der Waals surface area contributed by atoms with Crippen LogP contribution < -0.4 is 0 Å². The van der Waals surface area contributed by atoms with Crippen molar-refractivity contribution in [3.05, 3.63) is 11.2 Å². The van der Waals surface area contributed by atoms with Gasteiger partial charge in [-0.3, -0.25) is 9.05 Å². The van der Waals surface area contributed by atoms with Crippen molar-refractivity contribution in [1.82, 2.24) is 0 Å². The first kappa shape index (κ1) is 12.2. The summed E-state index contributed by atoms with van der Waals surface area (Å²) >= 11 is 2.97. The largest absolute Gasteiger partial charge is 0.529 e. The van der Waals surface area contributed by atoms with E-state index in [1.165, 1.54) is 11.2 Å². The van der Waals surface area contributed by atoms with Crippen molar-refractivity contribution in [2.45, 2.75) is 13.8 Å². The summed E-state index contributed by atoms with van der Waals surface area (Å²) in [5, 5.41) is 0. The van der Waals surface area contributed by atoms with E-state index in [4.69, 9.17) is 13.6 Å². The van der Waals surface area contributed by atoms with Crippen molar-refractivity contribution in [1.29, 1.82) is 0 Å². The minimum atomic E-state index is -3.35. The van der Waals surface area contributed by atoms with Crippen LogP contribution in [0, 0.1) is 0 Å². The molecule has 72 valence electrons. The highest BCUT2D eigenvalue weighted by atomic mass is 79.9. The molecule has 0 atom stereocenters. The van der Waals surface area contributed by atoms with Crippen LogP contribution in [0.5, 0.6) is 0 Å². The number of hydrogen-bond acceptors (Lipinski definition) is 4. The fourth-order valence-electron chi connectivity index (χ4n) is 0.512. The molecule has 0 aromatic rings. The zero-order chi connectivity index (χ0) is 9.45. The molecule has 0 rings (SSSR count). The first-order valence-corrected chi connectivity index (χ1v) is 5.89. The summed E-state index contributed by atoms with van der Waals surface area (Å²) in [7, 11) is -3.35. The third kappa shape index (κ3) is 4.93. The second kappa shape index (κ2) is 6.66. The summed E-state index contributed by atoms with van der Waals surface area (Å²) in [5.74, 6) is 0. The van der Waals surface area contributed by atoms with Crippen LogP contribution in [0.2, 0.25) is 0 Å². The third-order valence-electron chi connectivity index (χ3n) is 0.816. The maximum atomic E-state index is 11.4. The van der Waals surface area contributed by atoms with Crippen LogP contribution in [0.4, 0.5) is 0 Å². The average molecular weight is 259 g/mol. The number of phosphoric acid groups is 1. The van der Waals surface area contributed by atoms with Gasteiger partial charge in [0.05, 0.1) is 13.2 Å². The van der Waals surface area contributed by atoms with E-state index in [2.05, 4.69) is 15.9 Å². The van der Waals surface area contributed by atoms with E-state index in [0.29, 0.717) is 0 Å². The highest BCUT2D eigenvalue weighted by Gasteiger charge is 2.24. The lowest BCUT2D eigenvalue weighted by atomic mass is 10.9. The lowest BCUT2D eigenvalue weighted by Gasteiger charge is -2.13. The number of hydrogen-bond donors (Lipinski definition) is 0. The van der Waals surface area contributed by atoms with Gasteiger partial charge in [0.2, 0.25) is 0 Å². The van der Waals surface area contributed by atoms with Crippen molar-refractivity contribution in [2.75, 3.05) is 13.2 Å². The van der Waals surface area contributed by atoms with Crippen molar-refractivity contribution in [3.63, 3.8) is 0 Å². The minimum Gasteiger partial charge on any atom is -0.411 e. The highest BCUT2D eigenvalue weighted by Crippen LogP contribution is 2.49. The Bertz CT molecular complexity index is 172. The molecule has 6 heteroatoms. The molecular weight excluding hydrogens is 247 g/mol. The highest BCUT2D eigenvalue weighted by molar-refractivity contribution is 9.11. The van der Waals surface area contributed by atoms with Crippen LogP contribution in [0.3, 0.4) is 0 Å². The fraction of sp³-hybridized carbons (Fsp3) is 0.667. The molecule has 0 N–H and O–H groups in total. The standard InChI is InChI=1S/C6H12BrO4P/c1-3-9-12(8,10-4-2)11-6-5-7/h5-6H,3-4H2,1-2H3/b6-5+. The maximum Gasteiger partial charge on any atom is 0.529 e. The van der Waals surface area contributed by atoms with E-state index in [1.807, 2.05) is 0 Å². The van der Waals surface area contributed by atoms with Crippen LogP contribution in [0.1, 0.15) is 13.8 Å². The molecular formula is C6H12BrO4P. The van der Waals surface area contributed by atoms with Crippen molar-refractivity contribution in [2.24, 2.45) is 0 Å². The van der Waals surface area contributed by atoms with Gasteiger partial charge in [-0.25, -0.2) is 4.57 Å². The molecule has 0 radical (unpaired) electrons. The molecule has 0 aromatic carbocycles. The van der Waals surface area contributed by atoms with Crippen LogP contribution in [-0.4, -0.2) is 13.2 Å². The fourth-order valence-corrected chi connectivity index (χ4v) is 1.83. The summed E-state index contributed by atoms with van der Waals surface area (Å²) in [4.78, 5) is 1.43. The summed E-state index contributed by atoms with van der Waals surface area (Å²) < 4.78 is 25.8. The number of phosphoric ester groups is 1. The van der Waals surface area contributed by atoms with Gasteiger partial charge in [0.15, 0.2) is 0 Å². The Kier molecular flexibility index (Phi) is 6.76. The molecule has 0 spiro atoms. The van der Waals surface area contributed by atoms with E-state index in [9.17, 15) is 4.57 Å². The first-order valence-electron chi connectivity index (χ1n) is 3.51. The second-order valence-corrected chi connectivity index (χ2v) is 3.80. The summed E-state index contributed by atoms with van der Waals surface area (Å²) in [6, 6.07) is 0. The molecule has 0 aromatic heterocycles. The van der Waals surface area contributed by atoms with Gasteiger partial charge in [0.1, 0.15) is 6.26 Å². The third-order valence-corrected chi connectivity index (χ3v) is 2.56. The van der Waals surface area contributed by atoms with E-state index >= 15 is 0 Å². The van der Waals surface area contributed by atoms with Crippen LogP contribution in [0.25, 0.3) is 0 Å². The number of halogens is 1. The molecule has 0 fully saturated rings. The zero-order valence-corrected chi connectivity index (χ0v) is 9.51. The summed E-state index contributed by atoms with van der Waals surface area (Å²) in [6.07, 6.45) is 1.21. The molecule has 0 bridgehead atoms. The Hall–Kier alpha value is 0.170. The second-order valence-electron chi connectivity index (χ2n) is 1.65. The molecule has 0 amide bonds. The zero-order valence-electron chi connectivity index (χ0n) is 7.03. The minimum absolute atomic E-state index is 0.285. The van der Waals surface area contributed by atoms with Crippen molar-refractivity contribution >= 4 is 23.8 Å². The number of rotatable bonds is 6. The Morgan fingerprint density at radius 1 is 1.33 bits per heavy atom. The molecule has 0 heterocycles. The van der Waals surface area contributed by atoms with E-state index in [1.54, 1.807) is 13.8 Å². The van der Waals surface area contributed by atoms with Gasteiger partial charge < -0.3 is 4.52 Å². The average Bonchev–Trinajstić information content (AvgIpc) is 2.02. The Morgan fingerprint density at radius 3 is 2.17 bits per heavy atom. The molecule has 0 saturated heterocycles. The Labute approximate surface area is 80.6 Å². The smallest absolute Gasteiger partial charge is 0.411 e. The topological polar surface area (TPSA) is 44.8 Å². The van der Waals surface area contributed by atoms with Gasteiger partial charge >= 0.3 is 7.82 Å². The quantitative estimate of drug-likeness (QED) is 0.543. The van der Waals surface area contributed by atoms with Gasteiger partial charge in [-0.1, -0.05) is 15.9 Å². The van der Waals surface area contributed by atoms with E-state index < -0.39 is 7.82 Å². The molecule has 0 aliphatic rings. The molecule has 4 nitrogen and oxygen atoms in total. The van der Waals surface area contributed by atoms with E-state index in [0.717, 1.165) is 0 Å². The summed E-state index contributed by atoms with van der Waals surface area (Å²) in [5.41, 5.74) is 0. The van der Waals surface area contributed by atoms with Crippen LogP contribution in [0.15, 0.2) is 11.2 Å². The molecule has 0 aliphatic carbocycles. The lowest BCUT2D eigenvalue weighted by molar-refractivity contribution is 0.154. The van der Waals surface area contributed by atoms with Gasteiger partial charge in [-0.15, -0.1) is 0 Å². The van der Waals surface area contributed by atoms with Gasteiger partial charge in [0, 0.05) is 4.99 Å². The van der Waals surface area contributed by atoms with Crippen molar-refractivity contribution in [3.8, 4) is 0 Å². The predicted molar refractivity (Wildman–Crippen MR) is 50.0 cm³/mol. The Morgan fingerprint density at radius 2 is 1.83 bits per heavy atom. The molecule has 12 heavy (non-hydrogen) atoms. The van der Waals surface area contributed by atoms with Gasteiger partial charge in [0.25, 0.3) is 0 Å². The monoisotopic (exact) mass is 258 g/mol. The molecule has 0 unspecified atom stereocenters. The molecule has 0 aliphatic heterocycles.